The minimum Gasteiger partial charge on any atom is -0.338 e. The van der Waals surface area contributed by atoms with E-state index in [1.807, 2.05) is 0 Å². The van der Waals surface area contributed by atoms with E-state index < -0.39 is 0 Å². The minimum atomic E-state index is 0. The molecule has 2 heterocycles. The molecule has 1 aliphatic rings. The normalized spacial score (nSPS) is 20.8. The number of halogens is 1. The molecule has 6 heteroatoms. The molecule has 0 unspecified atom stereocenters. The predicted molar refractivity (Wildman–Crippen MR) is 68.0 cm³/mol. The molecule has 0 aliphatic carbocycles. The van der Waals surface area contributed by atoms with Crippen molar-refractivity contribution in [3.8, 4) is 0 Å². The van der Waals surface area contributed by atoms with Crippen LogP contribution in [0, 0.1) is 5.92 Å². The first-order valence-corrected chi connectivity index (χ1v) is 5.93. The lowest BCUT2D eigenvalue weighted by molar-refractivity contribution is 0.265. The topological polar surface area (TPSA) is 68.2 Å². The second-order valence-corrected chi connectivity index (χ2v) is 4.99. The highest BCUT2D eigenvalue weighted by Crippen LogP contribution is 2.12. The second kappa shape index (κ2) is 6.33. The summed E-state index contributed by atoms with van der Waals surface area (Å²) in [5.74, 6) is 2.09. The summed E-state index contributed by atoms with van der Waals surface area (Å²) in [5, 5.41) is 3.97. The minimum absolute atomic E-state index is 0. The van der Waals surface area contributed by atoms with E-state index in [1.165, 1.54) is 0 Å². The van der Waals surface area contributed by atoms with Gasteiger partial charge in [-0.25, -0.2) is 0 Å². The maximum Gasteiger partial charge on any atom is 0.240 e. The van der Waals surface area contributed by atoms with Crippen LogP contribution >= 0.6 is 12.4 Å². The number of hydrogen-bond donors (Lipinski definition) is 1. The first-order valence-electron chi connectivity index (χ1n) is 5.93. The van der Waals surface area contributed by atoms with Crippen LogP contribution in [0.25, 0.3) is 0 Å². The Morgan fingerprint density at radius 3 is 2.88 bits per heavy atom. The number of likely N-dealkylation sites (tertiary alicyclic amines) is 1. The van der Waals surface area contributed by atoms with E-state index in [2.05, 4.69) is 28.9 Å². The van der Waals surface area contributed by atoms with Crippen molar-refractivity contribution in [2.45, 2.75) is 39.3 Å². The van der Waals surface area contributed by atoms with Gasteiger partial charge in [0.2, 0.25) is 5.89 Å². The lowest BCUT2D eigenvalue weighted by Crippen LogP contribution is -2.26. The molecule has 0 spiro atoms. The molecule has 0 aromatic carbocycles. The molecule has 0 bridgehead atoms. The Balaban J connectivity index is 0.00000144. The van der Waals surface area contributed by atoms with Crippen molar-refractivity contribution in [2.75, 3.05) is 13.1 Å². The van der Waals surface area contributed by atoms with Crippen LogP contribution in [0.1, 0.15) is 32.0 Å². The molecule has 1 aromatic heterocycles. The lowest BCUT2D eigenvalue weighted by Gasteiger charge is -2.10. The van der Waals surface area contributed by atoms with Crippen LogP contribution in [-0.4, -0.2) is 34.2 Å². The average molecular weight is 261 g/mol. The maximum absolute atomic E-state index is 5.84. The Bertz CT molecular complexity index is 342. The van der Waals surface area contributed by atoms with Gasteiger partial charge < -0.3 is 10.3 Å². The summed E-state index contributed by atoms with van der Waals surface area (Å²) in [5.41, 5.74) is 5.84. The average Bonchev–Trinajstić information content (AvgIpc) is 2.76. The molecule has 0 radical (unpaired) electrons. The molecule has 2 N–H and O–H groups in total. The van der Waals surface area contributed by atoms with E-state index in [9.17, 15) is 0 Å². The summed E-state index contributed by atoms with van der Waals surface area (Å²) >= 11 is 0. The van der Waals surface area contributed by atoms with Crippen LogP contribution in [0.4, 0.5) is 0 Å². The van der Waals surface area contributed by atoms with Crippen molar-refractivity contribution in [1.29, 1.82) is 0 Å². The first kappa shape index (κ1) is 14.4. The SMILES string of the molecule is CC(C)Cc1noc(CN2CC[C@@H](N)C2)n1.Cl. The zero-order valence-corrected chi connectivity index (χ0v) is 11.2. The van der Waals surface area contributed by atoms with E-state index in [0.29, 0.717) is 17.9 Å². The molecule has 1 fully saturated rings. The van der Waals surface area contributed by atoms with E-state index >= 15 is 0 Å². The molecule has 1 atom stereocenters. The van der Waals surface area contributed by atoms with E-state index in [4.69, 9.17) is 10.3 Å². The molecule has 1 saturated heterocycles. The van der Waals surface area contributed by atoms with Crippen molar-refractivity contribution in [2.24, 2.45) is 11.7 Å². The zero-order chi connectivity index (χ0) is 11.5. The third-order valence-corrected chi connectivity index (χ3v) is 2.77. The highest BCUT2D eigenvalue weighted by atomic mass is 35.5. The molecule has 1 aromatic rings. The number of hydrogen-bond acceptors (Lipinski definition) is 5. The smallest absolute Gasteiger partial charge is 0.240 e. The number of nitrogens with two attached hydrogens (primary N) is 1. The van der Waals surface area contributed by atoms with Gasteiger partial charge in [-0.3, -0.25) is 4.90 Å². The van der Waals surface area contributed by atoms with E-state index in [0.717, 1.165) is 38.3 Å². The summed E-state index contributed by atoms with van der Waals surface area (Å²) < 4.78 is 5.22. The predicted octanol–water partition coefficient (Wildman–Crippen LogP) is 1.22. The molecule has 5 nitrogen and oxygen atoms in total. The van der Waals surface area contributed by atoms with Gasteiger partial charge in [-0.2, -0.15) is 4.98 Å². The lowest BCUT2D eigenvalue weighted by atomic mass is 10.1. The second-order valence-electron chi connectivity index (χ2n) is 4.99. The van der Waals surface area contributed by atoms with Crippen LogP contribution in [0.3, 0.4) is 0 Å². The van der Waals surface area contributed by atoms with Crippen LogP contribution in [0.2, 0.25) is 0 Å². The quantitative estimate of drug-likeness (QED) is 0.882. The van der Waals surface area contributed by atoms with Crippen molar-refractivity contribution in [3.63, 3.8) is 0 Å². The fourth-order valence-electron chi connectivity index (χ4n) is 2.00. The summed E-state index contributed by atoms with van der Waals surface area (Å²) in [4.78, 5) is 6.64. The van der Waals surface area contributed by atoms with Gasteiger partial charge in [-0.15, -0.1) is 12.4 Å². The molecule has 1 aliphatic heterocycles. The molecule has 0 amide bonds. The molecule has 17 heavy (non-hydrogen) atoms. The van der Waals surface area contributed by atoms with Gasteiger partial charge in [0, 0.05) is 25.6 Å². The van der Waals surface area contributed by atoms with Crippen molar-refractivity contribution < 1.29 is 4.52 Å². The Morgan fingerprint density at radius 1 is 1.53 bits per heavy atom. The molecule has 2 rings (SSSR count). The number of nitrogens with zero attached hydrogens (tertiary/aromatic N) is 3. The Morgan fingerprint density at radius 2 is 2.29 bits per heavy atom. The maximum atomic E-state index is 5.84. The zero-order valence-electron chi connectivity index (χ0n) is 10.4. The monoisotopic (exact) mass is 260 g/mol. The molecular formula is C11H21ClN4O. The van der Waals surface area contributed by atoms with Crippen molar-refractivity contribution in [3.05, 3.63) is 11.7 Å². The summed E-state index contributed by atoms with van der Waals surface area (Å²) in [6.45, 7) is 6.99. The summed E-state index contributed by atoms with van der Waals surface area (Å²) in [6, 6.07) is 0.304. The van der Waals surface area contributed by atoms with Gasteiger partial charge in [0.25, 0.3) is 0 Å². The number of aromatic nitrogens is 2. The largest absolute Gasteiger partial charge is 0.338 e. The fraction of sp³-hybridized carbons (Fsp3) is 0.818. The van der Waals surface area contributed by atoms with E-state index in [1.54, 1.807) is 0 Å². The van der Waals surface area contributed by atoms with Crippen molar-refractivity contribution in [1.82, 2.24) is 15.0 Å². The van der Waals surface area contributed by atoms with Crippen molar-refractivity contribution >= 4 is 12.4 Å². The molecule has 0 saturated carbocycles. The van der Waals surface area contributed by atoms with Gasteiger partial charge in [-0.05, 0) is 12.3 Å². The van der Waals surface area contributed by atoms with Gasteiger partial charge in [0.1, 0.15) is 0 Å². The van der Waals surface area contributed by atoms with Gasteiger partial charge in [0.15, 0.2) is 5.82 Å². The standard InChI is InChI=1S/C11H20N4O.ClH/c1-8(2)5-10-13-11(16-14-10)7-15-4-3-9(12)6-15;/h8-9H,3-7,12H2,1-2H3;1H/t9-;/m1./s1. The highest BCUT2D eigenvalue weighted by Gasteiger charge is 2.21. The Kier molecular flexibility index (Phi) is 5.36. The van der Waals surface area contributed by atoms with Gasteiger partial charge >= 0.3 is 0 Å². The van der Waals surface area contributed by atoms with Crippen LogP contribution in [0.5, 0.6) is 0 Å². The Hall–Kier alpha value is -0.650. The fourth-order valence-corrected chi connectivity index (χ4v) is 2.00. The first-order chi connectivity index (χ1) is 7.63. The molecule has 98 valence electrons. The van der Waals surface area contributed by atoms with E-state index in [-0.39, 0.29) is 12.4 Å². The van der Waals surface area contributed by atoms with Crippen LogP contribution in [-0.2, 0) is 13.0 Å². The highest BCUT2D eigenvalue weighted by molar-refractivity contribution is 5.85. The summed E-state index contributed by atoms with van der Waals surface area (Å²) in [7, 11) is 0. The third-order valence-electron chi connectivity index (χ3n) is 2.77. The van der Waals surface area contributed by atoms with Gasteiger partial charge in [-0.1, -0.05) is 19.0 Å². The molecular weight excluding hydrogens is 240 g/mol. The van der Waals surface area contributed by atoms with Gasteiger partial charge in [0.05, 0.1) is 6.54 Å². The third kappa shape index (κ3) is 4.26. The summed E-state index contributed by atoms with van der Waals surface area (Å²) in [6.07, 6.45) is 1.94. The van der Waals surface area contributed by atoms with Crippen LogP contribution < -0.4 is 5.73 Å². The number of rotatable bonds is 4. The Labute approximate surface area is 108 Å². The van der Waals surface area contributed by atoms with Crippen LogP contribution in [0.15, 0.2) is 4.52 Å².